The Morgan fingerprint density at radius 1 is 1.17 bits per heavy atom. The average molecular weight is 347 g/mol. The predicted octanol–water partition coefficient (Wildman–Crippen LogP) is 5.12. The van der Waals surface area contributed by atoms with Gasteiger partial charge in [0.25, 0.3) is 0 Å². The van der Waals surface area contributed by atoms with Crippen molar-refractivity contribution in [1.82, 2.24) is 0 Å². The van der Waals surface area contributed by atoms with Crippen LogP contribution in [0.1, 0.15) is 24.5 Å². The Balaban J connectivity index is 1.96. The Morgan fingerprint density at radius 2 is 1.96 bits per heavy atom. The molecule has 0 unspecified atom stereocenters. The molecule has 0 saturated carbocycles. The van der Waals surface area contributed by atoms with E-state index >= 15 is 0 Å². The lowest BCUT2D eigenvalue weighted by molar-refractivity contribution is 0.300. The molecular formula is C19H16ClFO3. The first-order valence-corrected chi connectivity index (χ1v) is 8.08. The summed E-state index contributed by atoms with van der Waals surface area (Å²) >= 11 is 6.28. The molecule has 0 atom stereocenters. The Kier molecular flexibility index (Phi) is 4.86. The molecule has 3 aromatic rings. The second-order valence-corrected chi connectivity index (χ2v) is 5.91. The van der Waals surface area contributed by atoms with Crippen molar-refractivity contribution < 1.29 is 13.5 Å². The minimum atomic E-state index is -0.409. The fourth-order valence-electron chi connectivity index (χ4n) is 2.59. The Hall–Kier alpha value is -2.33. The third-order valence-corrected chi connectivity index (χ3v) is 4.04. The van der Waals surface area contributed by atoms with Gasteiger partial charge in [-0.2, -0.15) is 0 Å². The molecule has 1 aromatic heterocycles. The van der Waals surface area contributed by atoms with Crippen LogP contribution in [0.4, 0.5) is 4.39 Å². The maximum Gasteiger partial charge on any atom is 0.336 e. The number of benzene rings is 2. The highest BCUT2D eigenvalue weighted by Gasteiger charge is 2.11. The topological polar surface area (TPSA) is 39.4 Å². The van der Waals surface area contributed by atoms with Crippen molar-refractivity contribution in [3.63, 3.8) is 0 Å². The van der Waals surface area contributed by atoms with Crippen LogP contribution < -0.4 is 10.4 Å². The van der Waals surface area contributed by atoms with Gasteiger partial charge in [0, 0.05) is 23.1 Å². The summed E-state index contributed by atoms with van der Waals surface area (Å²) in [5.41, 5.74) is 1.33. The summed E-state index contributed by atoms with van der Waals surface area (Å²) in [4.78, 5) is 11.7. The fourth-order valence-corrected chi connectivity index (χ4v) is 2.80. The molecule has 0 bridgehead atoms. The number of aryl methyl sites for hydroxylation is 1. The summed E-state index contributed by atoms with van der Waals surface area (Å²) in [7, 11) is 0. The third-order valence-electron chi connectivity index (χ3n) is 3.74. The molecule has 24 heavy (non-hydrogen) atoms. The van der Waals surface area contributed by atoms with Gasteiger partial charge in [-0.3, -0.25) is 0 Å². The minimum absolute atomic E-state index is 0.0385. The lowest BCUT2D eigenvalue weighted by atomic mass is 10.1. The van der Waals surface area contributed by atoms with Gasteiger partial charge >= 0.3 is 5.63 Å². The normalized spacial score (nSPS) is 11.0. The van der Waals surface area contributed by atoms with Crippen LogP contribution in [-0.2, 0) is 13.0 Å². The number of hydrogen-bond acceptors (Lipinski definition) is 3. The van der Waals surface area contributed by atoms with Crippen LogP contribution in [0.3, 0.4) is 0 Å². The maximum absolute atomic E-state index is 13.7. The monoisotopic (exact) mass is 346 g/mol. The van der Waals surface area contributed by atoms with Crippen LogP contribution in [0.25, 0.3) is 11.0 Å². The van der Waals surface area contributed by atoms with Crippen LogP contribution in [0.5, 0.6) is 5.75 Å². The number of hydrogen-bond donors (Lipinski definition) is 0. The number of ether oxygens (including phenoxy) is 1. The third kappa shape index (κ3) is 3.44. The first kappa shape index (κ1) is 16.5. The van der Waals surface area contributed by atoms with Crippen molar-refractivity contribution >= 4 is 22.6 Å². The number of rotatable bonds is 5. The maximum atomic E-state index is 13.7. The van der Waals surface area contributed by atoms with Crippen molar-refractivity contribution in [3.05, 3.63) is 74.9 Å². The molecule has 0 fully saturated rings. The van der Waals surface area contributed by atoms with E-state index < -0.39 is 5.63 Å². The highest BCUT2D eigenvalue weighted by Crippen LogP contribution is 2.32. The van der Waals surface area contributed by atoms with E-state index in [1.54, 1.807) is 30.3 Å². The number of halogens is 2. The summed E-state index contributed by atoms with van der Waals surface area (Å²) in [5, 5.41) is 1.18. The van der Waals surface area contributed by atoms with Crippen LogP contribution in [-0.4, -0.2) is 0 Å². The lowest BCUT2D eigenvalue weighted by Crippen LogP contribution is -2.02. The Bertz CT molecular complexity index is 934. The van der Waals surface area contributed by atoms with Gasteiger partial charge in [0.15, 0.2) is 0 Å². The Labute approximate surface area is 143 Å². The minimum Gasteiger partial charge on any atom is -0.487 e. The molecule has 0 spiro atoms. The van der Waals surface area contributed by atoms with Crippen LogP contribution in [0, 0.1) is 5.82 Å². The lowest BCUT2D eigenvalue weighted by Gasteiger charge is -2.11. The smallest absolute Gasteiger partial charge is 0.336 e. The molecule has 5 heteroatoms. The van der Waals surface area contributed by atoms with E-state index in [9.17, 15) is 9.18 Å². The summed E-state index contributed by atoms with van der Waals surface area (Å²) in [6.45, 7) is 2.07. The molecular weight excluding hydrogens is 331 g/mol. The van der Waals surface area contributed by atoms with Crippen molar-refractivity contribution in [2.24, 2.45) is 0 Å². The quantitative estimate of drug-likeness (QED) is 0.602. The largest absolute Gasteiger partial charge is 0.487 e. The molecule has 0 N–H and O–H groups in total. The van der Waals surface area contributed by atoms with Crippen molar-refractivity contribution in [3.8, 4) is 5.75 Å². The average Bonchev–Trinajstić information content (AvgIpc) is 2.55. The first-order chi connectivity index (χ1) is 11.6. The molecule has 1 heterocycles. The molecule has 0 aliphatic rings. The highest BCUT2D eigenvalue weighted by molar-refractivity contribution is 6.32. The fraction of sp³-hybridized carbons (Fsp3) is 0.211. The highest BCUT2D eigenvalue weighted by atomic mass is 35.5. The van der Waals surface area contributed by atoms with E-state index in [0.29, 0.717) is 21.9 Å². The van der Waals surface area contributed by atoms with Gasteiger partial charge in [0.05, 0.1) is 5.02 Å². The Morgan fingerprint density at radius 3 is 2.71 bits per heavy atom. The van der Waals surface area contributed by atoms with E-state index in [1.165, 1.54) is 12.1 Å². The van der Waals surface area contributed by atoms with Crippen LogP contribution >= 0.6 is 11.6 Å². The summed E-state index contributed by atoms with van der Waals surface area (Å²) in [6.07, 6.45) is 1.66. The molecule has 0 radical (unpaired) electrons. The van der Waals surface area contributed by atoms with E-state index in [2.05, 4.69) is 0 Å². The van der Waals surface area contributed by atoms with Crippen molar-refractivity contribution in [2.45, 2.75) is 26.4 Å². The van der Waals surface area contributed by atoms with E-state index in [0.717, 1.165) is 23.8 Å². The summed E-state index contributed by atoms with van der Waals surface area (Å²) < 4.78 is 24.5. The molecule has 0 aliphatic heterocycles. The van der Waals surface area contributed by atoms with Gasteiger partial charge in [-0.15, -0.1) is 0 Å². The summed E-state index contributed by atoms with van der Waals surface area (Å²) in [5.74, 6) is 0.00962. The van der Waals surface area contributed by atoms with E-state index in [4.69, 9.17) is 20.8 Å². The van der Waals surface area contributed by atoms with Crippen LogP contribution in [0.2, 0.25) is 5.02 Å². The van der Waals surface area contributed by atoms with Gasteiger partial charge in [0.1, 0.15) is 23.8 Å². The van der Waals surface area contributed by atoms with Gasteiger partial charge in [0.2, 0.25) is 0 Å². The molecule has 3 nitrogen and oxygen atoms in total. The zero-order chi connectivity index (χ0) is 17.1. The van der Waals surface area contributed by atoms with Gasteiger partial charge in [-0.05, 0) is 24.1 Å². The van der Waals surface area contributed by atoms with Gasteiger partial charge in [-0.25, -0.2) is 9.18 Å². The van der Waals surface area contributed by atoms with Crippen molar-refractivity contribution in [1.29, 1.82) is 0 Å². The zero-order valence-electron chi connectivity index (χ0n) is 13.1. The van der Waals surface area contributed by atoms with E-state index in [1.807, 2.05) is 6.92 Å². The standard InChI is InChI=1S/C19H16ClFO3/c1-2-5-12-8-19(22)24-17-10-18(15(20)9-14(12)17)23-11-13-6-3-4-7-16(13)21/h3-4,6-10H,2,5,11H2,1H3. The summed E-state index contributed by atoms with van der Waals surface area (Å²) in [6, 6.07) is 11.2. The zero-order valence-corrected chi connectivity index (χ0v) is 13.9. The number of fused-ring (bicyclic) bond motifs is 1. The first-order valence-electron chi connectivity index (χ1n) is 7.71. The molecule has 124 valence electrons. The molecule has 0 saturated heterocycles. The second kappa shape index (κ2) is 7.05. The van der Waals surface area contributed by atoms with E-state index in [-0.39, 0.29) is 12.4 Å². The molecule has 2 aromatic carbocycles. The predicted molar refractivity (Wildman–Crippen MR) is 92.2 cm³/mol. The molecule has 0 amide bonds. The second-order valence-electron chi connectivity index (χ2n) is 5.50. The molecule has 0 aliphatic carbocycles. The van der Waals surface area contributed by atoms with Gasteiger partial charge < -0.3 is 9.15 Å². The molecule has 3 rings (SSSR count). The van der Waals surface area contributed by atoms with Crippen molar-refractivity contribution in [2.75, 3.05) is 0 Å². The SMILES string of the molecule is CCCc1cc(=O)oc2cc(OCc3ccccc3F)c(Cl)cc12. The van der Waals surface area contributed by atoms with Crippen LogP contribution in [0.15, 0.2) is 51.7 Å². The van der Waals surface area contributed by atoms with Gasteiger partial charge in [-0.1, -0.05) is 43.1 Å².